The molecule has 4 nitrogen and oxygen atoms in total. The number of benzene rings is 1. The third-order valence-electron chi connectivity index (χ3n) is 2.74. The lowest BCUT2D eigenvalue weighted by Crippen LogP contribution is -2.09. The van der Waals surface area contributed by atoms with Crippen molar-refractivity contribution >= 4 is 6.08 Å². The van der Waals surface area contributed by atoms with Crippen LogP contribution in [0.1, 0.15) is 24.4 Å². The van der Waals surface area contributed by atoms with Gasteiger partial charge < -0.3 is 9.30 Å². The van der Waals surface area contributed by atoms with Crippen LogP contribution in [0.25, 0.3) is 6.08 Å². The predicted octanol–water partition coefficient (Wildman–Crippen LogP) is 3.10. The SMILES string of the molecule is CC(Oc1cccc(/C=C/C#N)c1)c1nccn1C. The Balaban J connectivity index is 2.13. The molecule has 0 aliphatic heterocycles. The standard InChI is InChI=1S/C15H15N3O/c1-12(15-17-9-10-18(15)2)19-14-7-3-5-13(11-14)6-4-8-16/h3-7,9-12H,1-2H3/b6-4+. The number of hydrogen-bond donors (Lipinski definition) is 0. The van der Waals surface area contributed by atoms with E-state index in [1.54, 1.807) is 12.3 Å². The van der Waals surface area contributed by atoms with Crippen LogP contribution in [0.15, 0.2) is 42.7 Å². The molecule has 0 fully saturated rings. The van der Waals surface area contributed by atoms with E-state index in [0.29, 0.717) is 0 Å². The fraction of sp³-hybridized carbons (Fsp3) is 0.200. The summed E-state index contributed by atoms with van der Waals surface area (Å²) in [7, 11) is 1.94. The fourth-order valence-electron chi connectivity index (χ4n) is 1.85. The normalized spacial score (nSPS) is 12.3. The summed E-state index contributed by atoms with van der Waals surface area (Å²) in [4.78, 5) is 4.26. The molecule has 19 heavy (non-hydrogen) atoms. The molecule has 0 aliphatic carbocycles. The number of imidazole rings is 1. The average molecular weight is 253 g/mol. The van der Waals surface area contributed by atoms with Gasteiger partial charge in [-0.15, -0.1) is 0 Å². The highest BCUT2D eigenvalue weighted by molar-refractivity contribution is 5.53. The van der Waals surface area contributed by atoms with Crippen molar-refractivity contribution in [2.24, 2.45) is 7.05 Å². The lowest BCUT2D eigenvalue weighted by molar-refractivity contribution is 0.212. The van der Waals surface area contributed by atoms with Gasteiger partial charge in [-0.3, -0.25) is 0 Å². The van der Waals surface area contributed by atoms with Crippen molar-refractivity contribution in [3.05, 3.63) is 54.1 Å². The summed E-state index contributed by atoms with van der Waals surface area (Å²) in [6.07, 6.45) is 6.71. The molecule has 1 unspecified atom stereocenters. The molecule has 0 amide bonds. The van der Waals surface area contributed by atoms with Gasteiger partial charge in [0.2, 0.25) is 0 Å². The second-order valence-corrected chi connectivity index (χ2v) is 4.19. The minimum absolute atomic E-state index is 0.129. The number of aryl methyl sites for hydroxylation is 1. The smallest absolute Gasteiger partial charge is 0.153 e. The summed E-state index contributed by atoms with van der Waals surface area (Å²) in [6.45, 7) is 1.96. The number of nitrogens with zero attached hydrogens (tertiary/aromatic N) is 3. The number of ether oxygens (including phenoxy) is 1. The van der Waals surface area contributed by atoms with Crippen molar-refractivity contribution in [3.63, 3.8) is 0 Å². The maximum atomic E-state index is 8.52. The first-order valence-corrected chi connectivity index (χ1v) is 6.01. The topological polar surface area (TPSA) is 50.8 Å². The third-order valence-corrected chi connectivity index (χ3v) is 2.74. The Labute approximate surface area is 112 Å². The molecule has 4 heteroatoms. The molecule has 2 rings (SSSR count). The lowest BCUT2D eigenvalue weighted by Gasteiger charge is -2.14. The molecular formula is C15H15N3O. The number of rotatable bonds is 4. The first-order valence-electron chi connectivity index (χ1n) is 6.01. The van der Waals surface area contributed by atoms with Gasteiger partial charge >= 0.3 is 0 Å². The minimum Gasteiger partial charge on any atom is -0.483 e. The Morgan fingerprint density at radius 1 is 1.47 bits per heavy atom. The highest BCUT2D eigenvalue weighted by Gasteiger charge is 2.11. The first kappa shape index (κ1) is 12.9. The number of nitriles is 1. The van der Waals surface area contributed by atoms with E-state index in [4.69, 9.17) is 10.00 Å². The van der Waals surface area contributed by atoms with Crippen molar-refractivity contribution < 1.29 is 4.74 Å². The third kappa shape index (κ3) is 3.23. The van der Waals surface area contributed by atoms with Crippen molar-refractivity contribution in [2.75, 3.05) is 0 Å². The van der Waals surface area contributed by atoms with Crippen LogP contribution in [0, 0.1) is 11.3 Å². The van der Waals surface area contributed by atoms with Crippen molar-refractivity contribution in [1.82, 2.24) is 9.55 Å². The van der Waals surface area contributed by atoms with Crippen LogP contribution in [0.5, 0.6) is 5.75 Å². The summed E-state index contributed by atoms with van der Waals surface area (Å²) in [5.41, 5.74) is 0.936. The Morgan fingerprint density at radius 2 is 2.32 bits per heavy atom. The van der Waals surface area contributed by atoms with Gasteiger partial charge in [-0.05, 0) is 30.7 Å². The van der Waals surface area contributed by atoms with E-state index in [1.807, 2.05) is 55.1 Å². The maximum absolute atomic E-state index is 8.52. The van der Waals surface area contributed by atoms with Gasteiger partial charge in [0, 0.05) is 25.5 Å². The first-order chi connectivity index (χ1) is 9.20. The number of aromatic nitrogens is 2. The van der Waals surface area contributed by atoms with E-state index in [0.717, 1.165) is 17.1 Å². The zero-order chi connectivity index (χ0) is 13.7. The summed E-state index contributed by atoms with van der Waals surface area (Å²) >= 11 is 0. The van der Waals surface area contributed by atoms with Crippen LogP contribution in [0.2, 0.25) is 0 Å². The average Bonchev–Trinajstić information content (AvgIpc) is 2.83. The van der Waals surface area contributed by atoms with Crippen molar-refractivity contribution in [1.29, 1.82) is 5.26 Å². The van der Waals surface area contributed by atoms with Gasteiger partial charge in [0.05, 0.1) is 6.07 Å². The predicted molar refractivity (Wildman–Crippen MR) is 73.3 cm³/mol. The van der Waals surface area contributed by atoms with Crippen LogP contribution in [-0.4, -0.2) is 9.55 Å². The minimum atomic E-state index is -0.129. The van der Waals surface area contributed by atoms with Gasteiger partial charge in [0.15, 0.2) is 6.10 Å². The largest absolute Gasteiger partial charge is 0.483 e. The van der Waals surface area contributed by atoms with E-state index in [9.17, 15) is 0 Å². The summed E-state index contributed by atoms with van der Waals surface area (Å²) < 4.78 is 7.79. The fourth-order valence-corrected chi connectivity index (χ4v) is 1.85. The van der Waals surface area contributed by atoms with Gasteiger partial charge in [-0.25, -0.2) is 4.98 Å². The zero-order valence-electron chi connectivity index (χ0n) is 10.9. The molecule has 0 bridgehead atoms. The molecule has 0 saturated carbocycles. The number of hydrogen-bond acceptors (Lipinski definition) is 3. The highest BCUT2D eigenvalue weighted by Crippen LogP contribution is 2.21. The molecule has 1 atom stereocenters. The van der Waals surface area contributed by atoms with Gasteiger partial charge in [0.25, 0.3) is 0 Å². The Kier molecular flexibility index (Phi) is 3.99. The van der Waals surface area contributed by atoms with E-state index in [1.165, 1.54) is 6.08 Å². The Hall–Kier alpha value is -2.54. The van der Waals surface area contributed by atoms with Crippen molar-refractivity contribution in [2.45, 2.75) is 13.0 Å². The molecule has 0 radical (unpaired) electrons. The molecular weight excluding hydrogens is 238 g/mol. The summed E-state index contributed by atoms with van der Waals surface area (Å²) in [5.74, 6) is 1.63. The van der Waals surface area contributed by atoms with Crippen LogP contribution < -0.4 is 4.74 Å². The van der Waals surface area contributed by atoms with Crippen molar-refractivity contribution in [3.8, 4) is 11.8 Å². The monoisotopic (exact) mass is 253 g/mol. The maximum Gasteiger partial charge on any atom is 0.153 e. The molecule has 2 aromatic rings. The van der Waals surface area contributed by atoms with Gasteiger partial charge in [-0.1, -0.05) is 12.1 Å². The quantitative estimate of drug-likeness (QED) is 0.787. The zero-order valence-corrected chi connectivity index (χ0v) is 10.9. The number of allylic oxidation sites excluding steroid dienone is 1. The summed E-state index contributed by atoms with van der Waals surface area (Å²) in [6, 6.07) is 9.58. The van der Waals surface area contributed by atoms with Crippen LogP contribution in [-0.2, 0) is 7.05 Å². The van der Waals surface area contributed by atoms with E-state index < -0.39 is 0 Å². The molecule has 1 aromatic carbocycles. The molecule has 0 N–H and O–H groups in total. The Morgan fingerprint density at radius 3 is 3.00 bits per heavy atom. The Bertz CT molecular complexity index is 622. The molecule has 0 spiro atoms. The van der Waals surface area contributed by atoms with E-state index >= 15 is 0 Å². The van der Waals surface area contributed by atoms with Gasteiger partial charge in [0.1, 0.15) is 11.6 Å². The lowest BCUT2D eigenvalue weighted by atomic mass is 10.2. The second kappa shape index (κ2) is 5.87. The molecule has 96 valence electrons. The summed E-state index contributed by atoms with van der Waals surface area (Å²) in [5, 5.41) is 8.52. The molecule has 1 aromatic heterocycles. The molecule has 0 aliphatic rings. The van der Waals surface area contributed by atoms with Crippen LogP contribution >= 0.6 is 0 Å². The molecule has 0 saturated heterocycles. The highest BCUT2D eigenvalue weighted by atomic mass is 16.5. The second-order valence-electron chi connectivity index (χ2n) is 4.19. The molecule has 1 heterocycles. The van der Waals surface area contributed by atoms with E-state index in [2.05, 4.69) is 4.98 Å². The van der Waals surface area contributed by atoms with Gasteiger partial charge in [-0.2, -0.15) is 5.26 Å². The van der Waals surface area contributed by atoms with Crippen LogP contribution in [0.3, 0.4) is 0 Å². The van der Waals surface area contributed by atoms with Crippen LogP contribution in [0.4, 0.5) is 0 Å². The van der Waals surface area contributed by atoms with E-state index in [-0.39, 0.29) is 6.10 Å².